The molecular formula is C12H12BrF4NOS. The van der Waals surface area contributed by atoms with Crippen LogP contribution in [-0.4, -0.2) is 15.5 Å². The minimum Gasteiger partial charge on any atom is -0.591 e. The predicted molar refractivity (Wildman–Crippen MR) is 74.6 cm³/mol. The normalized spacial score (nSPS) is 14.8. The molecule has 0 saturated heterocycles. The Hall–Kier alpha value is -0.600. The van der Waals surface area contributed by atoms with Gasteiger partial charge in [0.2, 0.25) is 0 Å². The van der Waals surface area contributed by atoms with E-state index in [1.165, 1.54) is 0 Å². The van der Waals surface area contributed by atoms with Crippen molar-refractivity contribution in [2.75, 3.05) is 0 Å². The molecule has 1 atom stereocenters. The third-order valence-electron chi connectivity index (χ3n) is 2.18. The lowest BCUT2D eigenvalue weighted by atomic mass is 10.1. The van der Waals surface area contributed by atoms with Gasteiger partial charge in [-0.3, -0.25) is 0 Å². The molecule has 1 aromatic rings. The summed E-state index contributed by atoms with van der Waals surface area (Å²) in [4.78, 5) is 0. The summed E-state index contributed by atoms with van der Waals surface area (Å²) >= 11 is 1.21. The fourth-order valence-corrected chi connectivity index (χ4v) is 2.17. The van der Waals surface area contributed by atoms with Gasteiger partial charge < -0.3 is 4.55 Å². The zero-order chi connectivity index (χ0) is 15.7. The van der Waals surface area contributed by atoms with E-state index >= 15 is 0 Å². The second kappa shape index (κ2) is 6.03. The summed E-state index contributed by atoms with van der Waals surface area (Å²) in [7, 11) is 0. The molecule has 0 aliphatic heterocycles. The van der Waals surface area contributed by atoms with Crippen molar-refractivity contribution >= 4 is 33.5 Å². The van der Waals surface area contributed by atoms with Gasteiger partial charge in [-0.25, -0.2) is 4.39 Å². The van der Waals surface area contributed by atoms with Crippen LogP contribution in [0.5, 0.6) is 0 Å². The fourth-order valence-electron chi connectivity index (χ4n) is 1.17. The van der Waals surface area contributed by atoms with Crippen molar-refractivity contribution in [1.29, 1.82) is 0 Å². The van der Waals surface area contributed by atoms with E-state index in [4.69, 9.17) is 0 Å². The number of nitrogens with zero attached hydrogens (tertiary/aromatic N) is 1. The van der Waals surface area contributed by atoms with Crippen LogP contribution in [0, 0.1) is 5.82 Å². The average Bonchev–Trinajstić information content (AvgIpc) is 2.26. The zero-order valence-corrected chi connectivity index (χ0v) is 13.3. The van der Waals surface area contributed by atoms with E-state index in [1.54, 1.807) is 20.8 Å². The Morgan fingerprint density at radius 2 is 1.80 bits per heavy atom. The van der Waals surface area contributed by atoms with Gasteiger partial charge in [-0.1, -0.05) is 20.3 Å². The molecule has 1 rings (SSSR count). The molecule has 0 heterocycles. The summed E-state index contributed by atoms with van der Waals surface area (Å²) in [5, 5.41) is 0. The van der Waals surface area contributed by atoms with E-state index in [0.29, 0.717) is 6.07 Å². The SMILES string of the molecule is CC(C)(C)[S+]([O-])/N=C/c1cc(Br)cc(C(F)(F)F)c1F. The maximum absolute atomic E-state index is 13.8. The largest absolute Gasteiger partial charge is 0.591 e. The Morgan fingerprint density at radius 1 is 1.25 bits per heavy atom. The second-order valence-corrected chi connectivity index (χ2v) is 7.80. The third kappa shape index (κ3) is 4.46. The molecule has 2 nitrogen and oxygen atoms in total. The van der Waals surface area contributed by atoms with Crippen molar-refractivity contribution < 1.29 is 22.1 Å². The smallest absolute Gasteiger partial charge is 0.419 e. The van der Waals surface area contributed by atoms with Gasteiger partial charge in [-0.15, -0.1) is 0 Å². The lowest BCUT2D eigenvalue weighted by molar-refractivity contribution is -0.140. The van der Waals surface area contributed by atoms with Crippen LogP contribution in [0.3, 0.4) is 0 Å². The summed E-state index contributed by atoms with van der Waals surface area (Å²) in [6.07, 6.45) is -3.95. The number of benzene rings is 1. The van der Waals surface area contributed by atoms with Gasteiger partial charge in [-0.2, -0.15) is 13.2 Å². The molecule has 0 saturated carbocycles. The van der Waals surface area contributed by atoms with Crippen LogP contribution in [-0.2, 0) is 17.5 Å². The van der Waals surface area contributed by atoms with Gasteiger partial charge in [-0.05, 0) is 32.9 Å². The highest BCUT2D eigenvalue weighted by Gasteiger charge is 2.35. The Kier molecular flexibility index (Phi) is 5.26. The van der Waals surface area contributed by atoms with Crippen LogP contribution in [0.25, 0.3) is 0 Å². The zero-order valence-electron chi connectivity index (χ0n) is 10.9. The Balaban J connectivity index is 3.21. The molecule has 20 heavy (non-hydrogen) atoms. The number of hydrogen-bond acceptors (Lipinski definition) is 2. The summed E-state index contributed by atoms with van der Waals surface area (Å²) in [5.41, 5.74) is -1.76. The van der Waals surface area contributed by atoms with E-state index in [0.717, 1.165) is 12.3 Å². The van der Waals surface area contributed by atoms with Crippen LogP contribution in [0.1, 0.15) is 31.9 Å². The van der Waals surface area contributed by atoms with Gasteiger partial charge in [0.05, 0.1) is 11.8 Å². The molecular weight excluding hydrogens is 362 g/mol. The first-order valence-corrected chi connectivity index (χ1v) is 7.35. The first-order valence-electron chi connectivity index (χ1n) is 5.45. The van der Waals surface area contributed by atoms with Crippen molar-refractivity contribution in [3.63, 3.8) is 0 Å². The van der Waals surface area contributed by atoms with Gasteiger partial charge in [0.15, 0.2) is 0 Å². The molecule has 8 heteroatoms. The number of rotatable bonds is 2. The molecule has 0 aliphatic carbocycles. The molecule has 0 aliphatic rings. The van der Waals surface area contributed by atoms with Crippen LogP contribution in [0.15, 0.2) is 21.0 Å². The van der Waals surface area contributed by atoms with Crippen LogP contribution >= 0.6 is 15.9 Å². The number of alkyl halides is 3. The van der Waals surface area contributed by atoms with E-state index in [1.807, 2.05) is 0 Å². The van der Waals surface area contributed by atoms with Crippen molar-refractivity contribution in [3.05, 3.63) is 33.5 Å². The summed E-state index contributed by atoms with van der Waals surface area (Å²) < 4.78 is 66.3. The molecule has 0 spiro atoms. The van der Waals surface area contributed by atoms with E-state index in [2.05, 4.69) is 20.3 Å². The molecule has 0 radical (unpaired) electrons. The molecule has 0 bridgehead atoms. The van der Waals surface area contributed by atoms with Crippen LogP contribution in [0.2, 0.25) is 0 Å². The highest BCUT2D eigenvalue weighted by atomic mass is 79.9. The quantitative estimate of drug-likeness (QED) is 0.427. The summed E-state index contributed by atoms with van der Waals surface area (Å²) in [6, 6.07) is 1.79. The Morgan fingerprint density at radius 3 is 2.25 bits per heavy atom. The number of hydrogen-bond donors (Lipinski definition) is 0. The second-order valence-electron chi connectivity index (χ2n) is 4.95. The first kappa shape index (κ1) is 17.5. The molecule has 1 aromatic carbocycles. The maximum atomic E-state index is 13.8. The van der Waals surface area contributed by atoms with E-state index < -0.39 is 33.7 Å². The summed E-state index contributed by atoms with van der Waals surface area (Å²) in [6.45, 7) is 4.95. The predicted octanol–water partition coefficient (Wildman–Crippen LogP) is 4.49. The van der Waals surface area contributed by atoms with Crippen molar-refractivity contribution in [2.45, 2.75) is 31.7 Å². The van der Waals surface area contributed by atoms with Crippen LogP contribution < -0.4 is 0 Å². The molecule has 0 N–H and O–H groups in total. The highest BCUT2D eigenvalue weighted by molar-refractivity contribution is 9.10. The molecule has 0 fully saturated rings. The van der Waals surface area contributed by atoms with Crippen LogP contribution in [0.4, 0.5) is 17.6 Å². The molecule has 1 unspecified atom stereocenters. The van der Waals surface area contributed by atoms with Crippen molar-refractivity contribution in [1.82, 2.24) is 0 Å². The molecule has 0 aromatic heterocycles. The third-order valence-corrected chi connectivity index (χ3v) is 3.98. The Labute approximate surface area is 125 Å². The topological polar surface area (TPSA) is 35.4 Å². The average molecular weight is 374 g/mol. The first-order chi connectivity index (χ1) is 8.93. The monoisotopic (exact) mass is 373 g/mol. The maximum Gasteiger partial charge on any atom is 0.419 e. The van der Waals surface area contributed by atoms with Crippen molar-refractivity contribution in [3.8, 4) is 0 Å². The Bertz CT molecular complexity index is 525. The standard InChI is InChI=1S/C12H12BrF4NOS/c1-11(2,3)20(19)18-6-7-4-8(13)5-9(10(7)14)12(15,16)17/h4-6H,1-3H3/b18-6+. The molecule has 112 valence electrons. The van der Waals surface area contributed by atoms with E-state index in [-0.39, 0.29) is 10.0 Å². The lowest BCUT2D eigenvalue weighted by Gasteiger charge is -2.17. The highest BCUT2D eigenvalue weighted by Crippen LogP contribution is 2.34. The number of halogens is 5. The lowest BCUT2D eigenvalue weighted by Crippen LogP contribution is -2.26. The van der Waals surface area contributed by atoms with Gasteiger partial charge in [0, 0.05) is 10.0 Å². The minimum absolute atomic E-state index is 0.0641. The summed E-state index contributed by atoms with van der Waals surface area (Å²) in [5.74, 6) is -1.43. The van der Waals surface area contributed by atoms with Gasteiger partial charge >= 0.3 is 6.18 Å². The fraction of sp³-hybridized carbons (Fsp3) is 0.417. The van der Waals surface area contributed by atoms with E-state index in [9.17, 15) is 22.1 Å². The van der Waals surface area contributed by atoms with Gasteiger partial charge in [0.1, 0.15) is 21.9 Å². The molecule has 0 amide bonds. The minimum atomic E-state index is -4.81. The van der Waals surface area contributed by atoms with Gasteiger partial charge in [0.25, 0.3) is 0 Å². The van der Waals surface area contributed by atoms with Crippen molar-refractivity contribution in [2.24, 2.45) is 4.40 Å².